The molecule has 0 radical (unpaired) electrons. The van der Waals surface area contributed by atoms with E-state index in [4.69, 9.17) is 4.74 Å². The van der Waals surface area contributed by atoms with E-state index in [0.29, 0.717) is 0 Å². The molecule has 0 heterocycles. The number of aryl methyl sites for hydroxylation is 1. The molecule has 0 N–H and O–H groups in total. The van der Waals surface area contributed by atoms with E-state index in [-0.39, 0.29) is 0 Å². The van der Waals surface area contributed by atoms with Gasteiger partial charge in [0.2, 0.25) is 0 Å². The fourth-order valence-corrected chi connectivity index (χ4v) is 3.02. The van der Waals surface area contributed by atoms with Crippen molar-refractivity contribution in [1.82, 2.24) is 0 Å². The van der Waals surface area contributed by atoms with E-state index in [1.165, 1.54) is 29.2 Å². The van der Waals surface area contributed by atoms with Gasteiger partial charge >= 0.3 is 0 Å². The normalized spacial score (nSPS) is 10.4. The van der Waals surface area contributed by atoms with Gasteiger partial charge in [-0.3, -0.25) is 0 Å². The van der Waals surface area contributed by atoms with Crippen molar-refractivity contribution < 1.29 is 4.74 Å². The van der Waals surface area contributed by atoms with Crippen LogP contribution in [0, 0.1) is 11.8 Å². The van der Waals surface area contributed by atoms with Crippen molar-refractivity contribution in [2.75, 3.05) is 6.61 Å². The second-order valence-corrected chi connectivity index (χ2v) is 6.98. The summed E-state index contributed by atoms with van der Waals surface area (Å²) in [6.45, 7) is 5.18. The van der Waals surface area contributed by atoms with Gasteiger partial charge in [0.15, 0.2) is 0 Å². The Kier molecular flexibility index (Phi) is 6.94. The minimum atomic E-state index is 0.777. The molecule has 0 bridgehead atoms. The predicted octanol–water partition coefficient (Wildman–Crippen LogP) is 6.76. The van der Waals surface area contributed by atoms with Gasteiger partial charge in [-0.1, -0.05) is 62.8 Å². The molecule has 0 fully saturated rings. The summed E-state index contributed by atoms with van der Waals surface area (Å²) in [6, 6.07) is 21.3. The number of hydrogen-bond donors (Lipinski definition) is 0. The Bertz CT molecular complexity index is 926. The number of benzene rings is 3. The highest BCUT2D eigenvalue weighted by molar-refractivity contribution is 5.84. The summed E-state index contributed by atoms with van der Waals surface area (Å²) in [7, 11) is 0. The molecule has 0 saturated carbocycles. The Labute approximate surface area is 163 Å². The predicted molar refractivity (Wildman–Crippen MR) is 115 cm³/mol. The topological polar surface area (TPSA) is 9.23 Å². The van der Waals surface area contributed by atoms with E-state index in [9.17, 15) is 0 Å². The largest absolute Gasteiger partial charge is 0.494 e. The first-order valence-electron chi connectivity index (χ1n) is 10.1. The summed E-state index contributed by atoms with van der Waals surface area (Å²) in [6.07, 6.45) is 5.88. The molecule has 0 amide bonds. The molecule has 0 unspecified atom stereocenters. The summed E-state index contributed by atoms with van der Waals surface area (Å²) < 4.78 is 5.70. The van der Waals surface area contributed by atoms with Crippen LogP contribution < -0.4 is 4.74 Å². The van der Waals surface area contributed by atoms with E-state index in [1.807, 2.05) is 24.3 Å². The minimum absolute atomic E-state index is 0.777. The van der Waals surface area contributed by atoms with Crippen LogP contribution in [0.5, 0.6) is 5.75 Å². The zero-order valence-corrected chi connectivity index (χ0v) is 16.4. The molecule has 3 aromatic rings. The lowest BCUT2D eigenvalue weighted by Gasteiger charge is -2.04. The van der Waals surface area contributed by atoms with Crippen LogP contribution in [0.1, 0.15) is 56.2 Å². The summed E-state index contributed by atoms with van der Waals surface area (Å²) in [4.78, 5) is 0. The van der Waals surface area contributed by atoms with Gasteiger partial charge in [0.05, 0.1) is 6.61 Å². The fraction of sp³-hybridized carbons (Fsp3) is 0.308. The molecule has 3 rings (SSSR count). The van der Waals surface area contributed by atoms with Crippen LogP contribution in [0.25, 0.3) is 10.8 Å². The van der Waals surface area contributed by atoms with Crippen molar-refractivity contribution in [2.45, 2.75) is 46.0 Å². The molecule has 138 valence electrons. The van der Waals surface area contributed by atoms with Crippen LogP contribution in [0.2, 0.25) is 0 Å². The SMILES string of the molecule is CCCCOc1ccc(C#Cc2ccc3cc(CCCC)ccc3c2)cc1. The zero-order chi connectivity index (χ0) is 18.9. The van der Waals surface area contributed by atoms with Gasteiger partial charge in [-0.2, -0.15) is 0 Å². The molecule has 0 aliphatic carbocycles. The van der Waals surface area contributed by atoms with Crippen LogP contribution in [0.4, 0.5) is 0 Å². The molecule has 0 aromatic heterocycles. The van der Waals surface area contributed by atoms with E-state index in [2.05, 4.69) is 62.1 Å². The molecule has 1 nitrogen and oxygen atoms in total. The third-order valence-corrected chi connectivity index (χ3v) is 4.70. The maximum atomic E-state index is 5.70. The Morgan fingerprint density at radius 3 is 2.15 bits per heavy atom. The first kappa shape index (κ1) is 19.1. The highest BCUT2D eigenvalue weighted by atomic mass is 16.5. The molecule has 0 aliphatic heterocycles. The highest BCUT2D eigenvalue weighted by Crippen LogP contribution is 2.19. The lowest BCUT2D eigenvalue weighted by atomic mass is 10.0. The van der Waals surface area contributed by atoms with Crippen molar-refractivity contribution >= 4 is 10.8 Å². The van der Waals surface area contributed by atoms with Gasteiger partial charge in [0.1, 0.15) is 5.75 Å². The first-order chi connectivity index (χ1) is 13.3. The van der Waals surface area contributed by atoms with Crippen molar-refractivity contribution in [3.8, 4) is 17.6 Å². The smallest absolute Gasteiger partial charge is 0.119 e. The van der Waals surface area contributed by atoms with Crippen LogP contribution in [-0.2, 0) is 6.42 Å². The van der Waals surface area contributed by atoms with Crippen molar-refractivity contribution in [3.63, 3.8) is 0 Å². The second kappa shape index (κ2) is 9.83. The summed E-state index contributed by atoms with van der Waals surface area (Å²) >= 11 is 0. The number of fused-ring (bicyclic) bond motifs is 1. The number of ether oxygens (including phenoxy) is 1. The van der Waals surface area contributed by atoms with Crippen LogP contribution in [0.15, 0.2) is 60.7 Å². The summed E-state index contributed by atoms with van der Waals surface area (Å²) in [5.74, 6) is 7.45. The van der Waals surface area contributed by atoms with Crippen molar-refractivity contribution in [1.29, 1.82) is 0 Å². The van der Waals surface area contributed by atoms with Gasteiger partial charge in [-0.15, -0.1) is 0 Å². The Morgan fingerprint density at radius 1 is 0.704 bits per heavy atom. The van der Waals surface area contributed by atoms with E-state index >= 15 is 0 Å². The number of unbranched alkanes of at least 4 members (excludes halogenated alkanes) is 2. The second-order valence-electron chi connectivity index (χ2n) is 6.98. The molecule has 27 heavy (non-hydrogen) atoms. The summed E-state index contributed by atoms with van der Waals surface area (Å²) in [5.41, 5.74) is 3.48. The average molecular weight is 357 g/mol. The van der Waals surface area contributed by atoms with Crippen molar-refractivity contribution in [2.24, 2.45) is 0 Å². The number of rotatable bonds is 7. The van der Waals surface area contributed by atoms with Gasteiger partial charge in [-0.05, 0) is 72.0 Å². The van der Waals surface area contributed by atoms with Crippen LogP contribution >= 0.6 is 0 Å². The molecule has 0 saturated heterocycles. The van der Waals surface area contributed by atoms with Crippen LogP contribution in [-0.4, -0.2) is 6.61 Å². The molecule has 0 spiro atoms. The maximum absolute atomic E-state index is 5.70. The molecule has 1 heteroatoms. The molecule has 0 aliphatic rings. The van der Waals surface area contributed by atoms with Gasteiger partial charge in [0.25, 0.3) is 0 Å². The lowest BCUT2D eigenvalue weighted by Crippen LogP contribution is -1.95. The standard InChI is InChI=1S/C26H28O/c1-3-5-7-22-10-14-25-20-23(11-15-24(25)19-22)9-8-21-12-16-26(17-13-21)27-18-6-4-2/h10-17,19-20H,3-7,18H2,1-2H3. The Morgan fingerprint density at radius 2 is 1.37 bits per heavy atom. The van der Waals surface area contributed by atoms with E-state index in [1.54, 1.807) is 0 Å². The van der Waals surface area contributed by atoms with E-state index in [0.717, 1.165) is 42.7 Å². The Balaban J connectivity index is 1.69. The minimum Gasteiger partial charge on any atom is -0.494 e. The fourth-order valence-electron chi connectivity index (χ4n) is 3.02. The van der Waals surface area contributed by atoms with Gasteiger partial charge in [0, 0.05) is 11.1 Å². The Hall–Kier alpha value is -2.72. The third kappa shape index (κ3) is 5.63. The molecule has 0 atom stereocenters. The maximum Gasteiger partial charge on any atom is 0.119 e. The van der Waals surface area contributed by atoms with Gasteiger partial charge < -0.3 is 4.74 Å². The first-order valence-corrected chi connectivity index (χ1v) is 10.1. The quantitative estimate of drug-likeness (QED) is 0.335. The molecular formula is C26H28O. The number of hydrogen-bond acceptors (Lipinski definition) is 1. The van der Waals surface area contributed by atoms with Gasteiger partial charge in [-0.25, -0.2) is 0 Å². The van der Waals surface area contributed by atoms with Crippen LogP contribution in [0.3, 0.4) is 0 Å². The summed E-state index contributed by atoms with van der Waals surface area (Å²) in [5, 5.41) is 2.55. The molecule has 3 aromatic carbocycles. The van der Waals surface area contributed by atoms with Crippen molar-refractivity contribution in [3.05, 3.63) is 77.4 Å². The highest BCUT2D eigenvalue weighted by Gasteiger charge is 1.98. The van der Waals surface area contributed by atoms with E-state index < -0.39 is 0 Å². The lowest BCUT2D eigenvalue weighted by molar-refractivity contribution is 0.309. The monoisotopic (exact) mass is 356 g/mol. The average Bonchev–Trinajstić information content (AvgIpc) is 2.71. The molecular weight excluding hydrogens is 328 g/mol. The zero-order valence-electron chi connectivity index (χ0n) is 16.4. The third-order valence-electron chi connectivity index (χ3n) is 4.70.